The summed E-state index contributed by atoms with van der Waals surface area (Å²) in [4.78, 5) is 0.934. The van der Waals surface area contributed by atoms with Crippen LogP contribution in [0.15, 0.2) is 74.5 Å². The van der Waals surface area contributed by atoms with Gasteiger partial charge in [0, 0.05) is 25.0 Å². The standard InChI is InChI=1S/C21H14Br2OS/c1-24-18-8-2-12-10-14(22)4-6-16(12)20(18)21-17-7-5-15(23)11-13(17)3-9-19(21)25/h2-11,25H,1H3. The van der Waals surface area contributed by atoms with Crippen LogP contribution in [0.25, 0.3) is 32.7 Å². The summed E-state index contributed by atoms with van der Waals surface area (Å²) in [5.74, 6) is 0.848. The fourth-order valence-electron chi connectivity index (χ4n) is 3.26. The van der Waals surface area contributed by atoms with Crippen LogP contribution >= 0.6 is 44.5 Å². The van der Waals surface area contributed by atoms with Crippen LogP contribution < -0.4 is 4.74 Å². The molecule has 0 N–H and O–H groups in total. The third-order valence-corrected chi connectivity index (χ3v) is 5.73. The molecule has 0 saturated carbocycles. The maximum Gasteiger partial charge on any atom is 0.127 e. The molecule has 0 fully saturated rings. The first-order valence-corrected chi connectivity index (χ1v) is 9.79. The highest BCUT2D eigenvalue weighted by molar-refractivity contribution is 9.10. The van der Waals surface area contributed by atoms with Crippen LogP contribution in [-0.4, -0.2) is 7.11 Å². The number of rotatable bonds is 2. The second-order valence-electron chi connectivity index (χ2n) is 5.83. The SMILES string of the molecule is COc1ccc2cc(Br)ccc2c1-c1c(S)ccc2cc(Br)ccc12. The number of benzene rings is 4. The van der Waals surface area contributed by atoms with Crippen molar-refractivity contribution in [2.75, 3.05) is 7.11 Å². The van der Waals surface area contributed by atoms with Crippen molar-refractivity contribution >= 4 is 66.0 Å². The molecule has 0 amide bonds. The van der Waals surface area contributed by atoms with Gasteiger partial charge in [-0.15, -0.1) is 12.6 Å². The number of thiol groups is 1. The molecule has 0 heterocycles. The molecule has 4 heteroatoms. The quantitative estimate of drug-likeness (QED) is 0.297. The molecule has 4 aromatic rings. The molecule has 4 rings (SSSR count). The van der Waals surface area contributed by atoms with Crippen molar-refractivity contribution in [3.63, 3.8) is 0 Å². The fraction of sp³-hybridized carbons (Fsp3) is 0.0476. The lowest BCUT2D eigenvalue weighted by Gasteiger charge is -2.17. The van der Waals surface area contributed by atoms with Gasteiger partial charge in [0.2, 0.25) is 0 Å². The van der Waals surface area contributed by atoms with Crippen LogP contribution in [0.4, 0.5) is 0 Å². The van der Waals surface area contributed by atoms with Gasteiger partial charge in [-0.05, 0) is 57.9 Å². The summed E-state index contributed by atoms with van der Waals surface area (Å²) in [6.45, 7) is 0. The summed E-state index contributed by atoms with van der Waals surface area (Å²) in [5, 5.41) is 4.63. The molecule has 0 aliphatic rings. The Labute approximate surface area is 168 Å². The zero-order valence-corrected chi connectivity index (χ0v) is 17.5. The predicted octanol–water partition coefficient (Wildman–Crippen LogP) is 7.48. The van der Waals surface area contributed by atoms with Gasteiger partial charge >= 0.3 is 0 Å². The van der Waals surface area contributed by atoms with E-state index in [0.29, 0.717) is 0 Å². The van der Waals surface area contributed by atoms with E-state index >= 15 is 0 Å². The minimum atomic E-state index is 0.848. The van der Waals surface area contributed by atoms with Crippen LogP contribution in [0.3, 0.4) is 0 Å². The summed E-state index contributed by atoms with van der Waals surface area (Å²) < 4.78 is 7.83. The van der Waals surface area contributed by atoms with E-state index < -0.39 is 0 Å². The lowest BCUT2D eigenvalue weighted by molar-refractivity contribution is 0.417. The fourth-order valence-corrected chi connectivity index (χ4v) is 4.32. The molecule has 0 aliphatic carbocycles. The number of ether oxygens (including phenoxy) is 1. The van der Waals surface area contributed by atoms with E-state index in [1.165, 1.54) is 5.39 Å². The van der Waals surface area contributed by atoms with E-state index in [4.69, 9.17) is 17.4 Å². The van der Waals surface area contributed by atoms with Crippen molar-refractivity contribution in [2.24, 2.45) is 0 Å². The summed E-state index contributed by atoms with van der Waals surface area (Å²) in [7, 11) is 1.71. The first kappa shape index (κ1) is 17.0. The minimum Gasteiger partial charge on any atom is -0.496 e. The number of hydrogen-bond donors (Lipinski definition) is 1. The molecular weight excluding hydrogens is 460 g/mol. The van der Waals surface area contributed by atoms with Gasteiger partial charge in [0.25, 0.3) is 0 Å². The molecule has 0 bridgehead atoms. The molecule has 0 atom stereocenters. The molecule has 25 heavy (non-hydrogen) atoms. The molecule has 0 radical (unpaired) electrons. The molecular formula is C21H14Br2OS. The largest absolute Gasteiger partial charge is 0.496 e. The van der Waals surface area contributed by atoms with Gasteiger partial charge in [0.15, 0.2) is 0 Å². The Hall–Kier alpha value is -1.49. The normalized spacial score (nSPS) is 11.2. The van der Waals surface area contributed by atoms with Crippen LogP contribution in [0.1, 0.15) is 0 Å². The van der Waals surface area contributed by atoms with E-state index in [-0.39, 0.29) is 0 Å². The number of methoxy groups -OCH3 is 1. The molecule has 0 unspecified atom stereocenters. The van der Waals surface area contributed by atoms with Crippen molar-refractivity contribution in [3.8, 4) is 16.9 Å². The van der Waals surface area contributed by atoms with Gasteiger partial charge in [-0.25, -0.2) is 0 Å². The smallest absolute Gasteiger partial charge is 0.127 e. The van der Waals surface area contributed by atoms with Crippen molar-refractivity contribution in [1.29, 1.82) is 0 Å². The Morgan fingerprint density at radius 2 is 1.28 bits per heavy atom. The maximum absolute atomic E-state index is 5.71. The van der Waals surface area contributed by atoms with Gasteiger partial charge in [-0.1, -0.05) is 56.1 Å². The molecule has 0 saturated heterocycles. The van der Waals surface area contributed by atoms with Crippen LogP contribution in [0.2, 0.25) is 0 Å². The predicted molar refractivity (Wildman–Crippen MR) is 116 cm³/mol. The van der Waals surface area contributed by atoms with E-state index in [1.54, 1.807) is 7.11 Å². The third-order valence-electron chi connectivity index (χ3n) is 4.37. The Balaban J connectivity index is 2.18. The minimum absolute atomic E-state index is 0.848. The third kappa shape index (κ3) is 2.97. The Bertz CT molecular complexity index is 1120. The lowest BCUT2D eigenvalue weighted by atomic mass is 9.93. The highest BCUT2D eigenvalue weighted by Gasteiger charge is 2.16. The van der Waals surface area contributed by atoms with Crippen molar-refractivity contribution < 1.29 is 4.74 Å². The second kappa shape index (κ2) is 6.67. The maximum atomic E-state index is 5.71. The van der Waals surface area contributed by atoms with E-state index in [9.17, 15) is 0 Å². The lowest BCUT2D eigenvalue weighted by Crippen LogP contribution is -1.92. The monoisotopic (exact) mass is 472 g/mol. The topological polar surface area (TPSA) is 9.23 Å². The Morgan fingerprint density at radius 1 is 0.720 bits per heavy atom. The number of halogens is 2. The summed E-state index contributed by atoms with van der Waals surface area (Å²) in [5.41, 5.74) is 2.17. The van der Waals surface area contributed by atoms with Gasteiger partial charge in [0.1, 0.15) is 5.75 Å². The average Bonchev–Trinajstić information content (AvgIpc) is 2.61. The van der Waals surface area contributed by atoms with E-state index in [0.717, 1.165) is 46.9 Å². The van der Waals surface area contributed by atoms with Crippen molar-refractivity contribution in [2.45, 2.75) is 4.90 Å². The molecule has 124 valence electrons. The summed E-state index contributed by atoms with van der Waals surface area (Å²) in [6.07, 6.45) is 0. The first-order chi connectivity index (χ1) is 12.1. The van der Waals surface area contributed by atoms with E-state index in [2.05, 4.69) is 80.4 Å². The van der Waals surface area contributed by atoms with Crippen molar-refractivity contribution in [1.82, 2.24) is 0 Å². The van der Waals surface area contributed by atoms with Crippen LogP contribution in [0, 0.1) is 0 Å². The van der Waals surface area contributed by atoms with Gasteiger partial charge in [-0.2, -0.15) is 0 Å². The van der Waals surface area contributed by atoms with Gasteiger partial charge in [-0.3, -0.25) is 0 Å². The first-order valence-electron chi connectivity index (χ1n) is 7.76. The summed E-state index contributed by atoms with van der Waals surface area (Å²) in [6, 6.07) is 20.9. The van der Waals surface area contributed by atoms with Gasteiger partial charge < -0.3 is 4.74 Å². The Kier molecular flexibility index (Phi) is 4.52. The highest BCUT2D eigenvalue weighted by Crippen LogP contribution is 2.44. The molecule has 1 nitrogen and oxygen atoms in total. The van der Waals surface area contributed by atoms with Crippen molar-refractivity contribution in [3.05, 3.63) is 69.6 Å². The Morgan fingerprint density at radius 3 is 1.88 bits per heavy atom. The van der Waals surface area contributed by atoms with Crippen LogP contribution in [-0.2, 0) is 0 Å². The second-order valence-corrected chi connectivity index (χ2v) is 8.15. The zero-order valence-electron chi connectivity index (χ0n) is 13.4. The van der Waals surface area contributed by atoms with E-state index in [1.807, 2.05) is 12.1 Å². The number of hydrogen-bond acceptors (Lipinski definition) is 2. The molecule has 0 aromatic heterocycles. The zero-order chi connectivity index (χ0) is 17.6. The average molecular weight is 474 g/mol. The molecule has 4 aromatic carbocycles. The highest BCUT2D eigenvalue weighted by atomic mass is 79.9. The molecule has 0 aliphatic heterocycles. The number of fused-ring (bicyclic) bond motifs is 2. The van der Waals surface area contributed by atoms with Gasteiger partial charge in [0.05, 0.1) is 7.11 Å². The summed E-state index contributed by atoms with van der Waals surface area (Å²) >= 11 is 11.9. The van der Waals surface area contributed by atoms with Crippen LogP contribution in [0.5, 0.6) is 5.75 Å². The molecule has 0 spiro atoms.